The lowest BCUT2D eigenvalue weighted by Gasteiger charge is -2.22. The Kier molecular flexibility index (Phi) is 8.68. The third-order valence-corrected chi connectivity index (χ3v) is 5.02. The summed E-state index contributed by atoms with van der Waals surface area (Å²) in [5.74, 6) is 0. The molecule has 1 saturated heterocycles. The Bertz CT molecular complexity index is 254. The summed E-state index contributed by atoms with van der Waals surface area (Å²) < 4.78 is 6.00. The van der Waals surface area contributed by atoms with E-state index in [9.17, 15) is 0 Å². The second-order valence-electron chi connectivity index (χ2n) is 6.91. The van der Waals surface area contributed by atoms with Gasteiger partial charge in [0.2, 0.25) is 0 Å². The highest BCUT2D eigenvalue weighted by Crippen LogP contribution is 2.20. The van der Waals surface area contributed by atoms with Gasteiger partial charge in [-0.25, -0.2) is 0 Å². The summed E-state index contributed by atoms with van der Waals surface area (Å²) >= 11 is 0. The van der Waals surface area contributed by atoms with Crippen LogP contribution in [0.15, 0.2) is 0 Å². The molecule has 2 rings (SSSR count). The molecule has 0 aromatic heterocycles. The second-order valence-corrected chi connectivity index (χ2v) is 6.91. The number of hydrogen-bond donors (Lipinski definition) is 1. The van der Waals surface area contributed by atoms with Gasteiger partial charge < -0.3 is 15.0 Å². The maximum Gasteiger partial charge on any atom is 0.0575 e. The van der Waals surface area contributed by atoms with Crippen molar-refractivity contribution in [2.75, 3.05) is 32.8 Å². The van der Waals surface area contributed by atoms with Crippen molar-refractivity contribution in [3.05, 3.63) is 0 Å². The van der Waals surface area contributed by atoms with Crippen LogP contribution < -0.4 is 5.32 Å². The summed E-state index contributed by atoms with van der Waals surface area (Å²) in [7, 11) is 0. The van der Waals surface area contributed by atoms with Gasteiger partial charge in [0.05, 0.1) is 6.10 Å². The zero-order chi connectivity index (χ0) is 14.8. The molecule has 1 saturated carbocycles. The summed E-state index contributed by atoms with van der Waals surface area (Å²) in [6, 6.07) is 0.738. The molecule has 124 valence electrons. The van der Waals surface area contributed by atoms with Crippen molar-refractivity contribution in [3.8, 4) is 0 Å². The van der Waals surface area contributed by atoms with Gasteiger partial charge in [-0.3, -0.25) is 0 Å². The Hall–Kier alpha value is -0.120. The SMILES string of the molecule is CCCN1CCCC(NCCCOC2CCCCC2)CC1. The number of likely N-dealkylation sites (tertiary alicyclic amines) is 1. The molecule has 1 N–H and O–H groups in total. The first-order chi connectivity index (χ1) is 10.4. The Morgan fingerprint density at radius 1 is 1.00 bits per heavy atom. The third kappa shape index (κ3) is 7.12. The molecule has 1 unspecified atom stereocenters. The molecule has 1 atom stereocenters. The van der Waals surface area contributed by atoms with E-state index in [0.717, 1.165) is 19.2 Å². The molecule has 1 aliphatic carbocycles. The van der Waals surface area contributed by atoms with Gasteiger partial charge in [0.1, 0.15) is 0 Å². The molecule has 0 radical (unpaired) electrons. The van der Waals surface area contributed by atoms with Gasteiger partial charge in [0.25, 0.3) is 0 Å². The van der Waals surface area contributed by atoms with Crippen molar-refractivity contribution in [2.45, 2.75) is 83.3 Å². The topological polar surface area (TPSA) is 24.5 Å². The van der Waals surface area contributed by atoms with Crippen molar-refractivity contribution < 1.29 is 4.74 Å². The van der Waals surface area contributed by atoms with E-state index in [1.54, 1.807) is 0 Å². The Labute approximate surface area is 131 Å². The van der Waals surface area contributed by atoms with Gasteiger partial charge in [-0.15, -0.1) is 0 Å². The monoisotopic (exact) mass is 296 g/mol. The summed E-state index contributed by atoms with van der Waals surface area (Å²) in [5, 5.41) is 3.76. The highest BCUT2D eigenvalue weighted by molar-refractivity contribution is 4.74. The Morgan fingerprint density at radius 2 is 1.86 bits per heavy atom. The molecule has 0 aromatic carbocycles. The second kappa shape index (κ2) is 10.6. The van der Waals surface area contributed by atoms with E-state index < -0.39 is 0 Å². The van der Waals surface area contributed by atoms with E-state index in [-0.39, 0.29) is 0 Å². The smallest absolute Gasteiger partial charge is 0.0575 e. The van der Waals surface area contributed by atoms with Crippen LogP contribution in [0.5, 0.6) is 0 Å². The predicted molar refractivity (Wildman–Crippen MR) is 89.8 cm³/mol. The highest BCUT2D eigenvalue weighted by Gasteiger charge is 2.16. The summed E-state index contributed by atoms with van der Waals surface area (Å²) in [5.41, 5.74) is 0. The van der Waals surface area contributed by atoms with Crippen molar-refractivity contribution >= 4 is 0 Å². The molecule has 0 aromatic rings. The Balaban J connectivity index is 1.48. The van der Waals surface area contributed by atoms with E-state index in [1.807, 2.05) is 0 Å². The predicted octanol–water partition coefficient (Wildman–Crippen LogP) is 3.58. The minimum absolute atomic E-state index is 0.569. The molecule has 0 bridgehead atoms. The van der Waals surface area contributed by atoms with E-state index in [2.05, 4.69) is 17.1 Å². The van der Waals surface area contributed by atoms with Gasteiger partial charge in [0.15, 0.2) is 0 Å². The van der Waals surface area contributed by atoms with E-state index >= 15 is 0 Å². The van der Waals surface area contributed by atoms with E-state index in [0.29, 0.717) is 6.10 Å². The molecule has 0 spiro atoms. The molecule has 2 aliphatic rings. The van der Waals surface area contributed by atoms with Crippen molar-refractivity contribution in [1.82, 2.24) is 10.2 Å². The van der Waals surface area contributed by atoms with Crippen LogP contribution in [0, 0.1) is 0 Å². The minimum atomic E-state index is 0.569. The quantitative estimate of drug-likeness (QED) is 0.693. The molecule has 0 amide bonds. The molecule has 1 heterocycles. The van der Waals surface area contributed by atoms with Crippen molar-refractivity contribution in [1.29, 1.82) is 0 Å². The average Bonchev–Trinajstić information content (AvgIpc) is 2.74. The number of rotatable bonds is 8. The van der Waals surface area contributed by atoms with E-state index in [4.69, 9.17) is 4.74 Å². The van der Waals surface area contributed by atoms with Gasteiger partial charge in [-0.2, -0.15) is 0 Å². The molecule has 3 heteroatoms. The fraction of sp³-hybridized carbons (Fsp3) is 1.00. The zero-order valence-corrected chi connectivity index (χ0v) is 14.1. The lowest BCUT2D eigenvalue weighted by Crippen LogP contribution is -2.32. The lowest BCUT2D eigenvalue weighted by atomic mass is 9.98. The molecular formula is C18H36N2O. The molecule has 1 aliphatic heterocycles. The number of nitrogens with zero attached hydrogens (tertiary/aromatic N) is 1. The maximum atomic E-state index is 6.00. The van der Waals surface area contributed by atoms with Gasteiger partial charge in [-0.05, 0) is 71.1 Å². The fourth-order valence-electron chi connectivity index (χ4n) is 3.76. The Morgan fingerprint density at radius 3 is 2.67 bits per heavy atom. The van der Waals surface area contributed by atoms with Gasteiger partial charge in [-0.1, -0.05) is 26.2 Å². The van der Waals surface area contributed by atoms with Crippen LogP contribution in [0.3, 0.4) is 0 Å². The molecule has 3 nitrogen and oxygen atoms in total. The van der Waals surface area contributed by atoms with Crippen LogP contribution >= 0.6 is 0 Å². The standard InChI is InChI=1S/C18H36N2O/c1-2-13-20-14-6-8-17(11-15-20)19-12-7-16-21-18-9-4-3-5-10-18/h17-19H,2-16H2,1H3. The first kappa shape index (κ1) is 17.2. The van der Waals surface area contributed by atoms with Crippen LogP contribution in [0.1, 0.15) is 71.1 Å². The summed E-state index contributed by atoms with van der Waals surface area (Å²) in [4.78, 5) is 2.63. The van der Waals surface area contributed by atoms with Crippen LogP contribution in [0.4, 0.5) is 0 Å². The first-order valence-electron chi connectivity index (χ1n) is 9.46. The maximum absolute atomic E-state index is 6.00. The third-order valence-electron chi connectivity index (χ3n) is 5.02. The van der Waals surface area contributed by atoms with Gasteiger partial charge >= 0.3 is 0 Å². The zero-order valence-electron chi connectivity index (χ0n) is 14.1. The van der Waals surface area contributed by atoms with Gasteiger partial charge in [0, 0.05) is 12.6 Å². The highest BCUT2D eigenvalue weighted by atomic mass is 16.5. The normalized spacial score (nSPS) is 25.9. The van der Waals surface area contributed by atoms with E-state index in [1.165, 1.54) is 83.8 Å². The number of ether oxygens (including phenoxy) is 1. The van der Waals surface area contributed by atoms with Crippen molar-refractivity contribution in [3.63, 3.8) is 0 Å². The summed E-state index contributed by atoms with van der Waals surface area (Å²) in [6.07, 6.45) is 13.8. The number of hydrogen-bond acceptors (Lipinski definition) is 3. The van der Waals surface area contributed by atoms with Crippen LogP contribution in [0.2, 0.25) is 0 Å². The van der Waals surface area contributed by atoms with Crippen molar-refractivity contribution in [2.24, 2.45) is 0 Å². The van der Waals surface area contributed by atoms with Crippen LogP contribution in [-0.2, 0) is 4.74 Å². The molecular weight excluding hydrogens is 260 g/mol. The summed E-state index contributed by atoms with van der Waals surface area (Å²) in [6.45, 7) is 8.23. The van der Waals surface area contributed by atoms with Crippen LogP contribution in [-0.4, -0.2) is 49.8 Å². The average molecular weight is 296 g/mol. The lowest BCUT2D eigenvalue weighted by molar-refractivity contribution is 0.0270. The first-order valence-corrected chi connectivity index (χ1v) is 9.46. The number of nitrogens with one attached hydrogen (secondary N) is 1. The largest absolute Gasteiger partial charge is 0.378 e. The molecule has 2 fully saturated rings. The minimum Gasteiger partial charge on any atom is -0.378 e. The molecule has 21 heavy (non-hydrogen) atoms. The van der Waals surface area contributed by atoms with Crippen LogP contribution in [0.25, 0.3) is 0 Å². The fourth-order valence-corrected chi connectivity index (χ4v) is 3.76.